The van der Waals surface area contributed by atoms with Gasteiger partial charge in [0, 0.05) is 0 Å². The Morgan fingerprint density at radius 3 is 1.85 bits per heavy atom. The summed E-state index contributed by atoms with van der Waals surface area (Å²) in [6.45, 7) is 2.30. The van der Waals surface area contributed by atoms with Gasteiger partial charge >= 0.3 is 0 Å². The van der Waals surface area contributed by atoms with Crippen LogP contribution in [0, 0.1) is 10.2 Å². The lowest BCUT2D eigenvalue weighted by Gasteiger charge is -2.17. The lowest BCUT2D eigenvalue weighted by molar-refractivity contribution is -2.00. The molecule has 1 heterocycles. The number of likely N-dealkylation sites (N-methyl/N-ethyl adjacent to an activating group) is 2. The van der Waals surface area contributed by atoms with Crippen molar-refractivity contribution in [3.8, 4) is 0 Å². The molecular formula is C5H12Cl2N2O4. The maximum atomic E-state index is 8.49. The fourth-order valence-corrected chi connectivity index (χ4v) is 1.17. The number of nitrogens with zero attached hydrogens (tertiary/aromatic N) is 1. The van der Waals surface area contributed by atoms with E-state index in [4.69, 9.17) is 30.2 Å². The van der Waals surface area contributed by atoms with E-state index in [1.807, 2.05) is 7.05 Å². The number of hydrogen-bond donors (Lipinski definition) is 1. The number of nitrogens with one attached hydrogen (secondary N) is 1. The van der Waals surface area contributed by atoms with Crippen LogP contribution in [0.5, 0.6) is 0 Å². The summed E-state index contributed by atoms with van der Waals surface area (Å²) >= 11 is 5.90. The van der Waals surface area contributed by atoms with Crippen molar-refractivity contribution in [3.05, 3.63) is 0 Å². The molecule has 1 saturated heterocycles. The number of hydrogen-bond acceptors (Lipinski definition) is 5. The van der Waals surface area contributed by atoms with Crippen LogP contribution in [0.1, 0.15) is 0 Å². The Labute approximate surface area is 83.7 Å². The van der Waals surface area contributed by atoms with Crippen molar-refractivity contribution >= 4 is 11.6 Å². The van der Waals surface area contributed by atoms with Gasteiger partial charge in [0.1, 0.15) is 0 Å². The molecule has 0 bridgehead atoms. The van der Waals surface area contributed by atoms with Crippen LogP contribution >= 0.6 is 11.6 Å². The van der Waals surface area contributed by atoms with Gasteiger partial charge in [-0.15, -0.1) is 10.2 Å². The topological polar surface area (TPSA) is 99.9 Å². The van der Waals surface area contributed by atoms with E-state index in [2.05, 4.69) is 11.9 Å². The number of rotatable bonds is 0. The summed E-state index contributed by atoms with van der Waals surface area (Å²) in [4.78, 5) is 3.55. The van der Waals surface area contributed by atoms with E-state index in [0.29, 0.717) is 0 Å². The minimum atomic E-state index is -4.94. The quantitative estimate of drug-likeness (QED) is 0.333. The van der Waals surface area contributed by atoms with E-state index in [0.717, 1.165) is 6.54 Å². The number of quaternary nitrogens is 1. The Balaban J connectivity index is 0.000000252. The van der Waals surface area contributed by atoms with Crippen LogP contribution in [0.3, 0.4) is 0 Å². The van der Waals surface area contributed by atoms with Crippen molar-refractivity contribution in [2.45, 2.75) is 5.62 Å². The molecule has 1 aliphatic heterocycles. The van der Waals surface area contributed by atoms with E-state index in [1.54, 1.807) is 0 Å². The SMILES string of the molecule is CN1CC[NH+](C)C1Cl.[O-][Cl+3]([O-])([O-])[O-]. The van der Waals surface area contributed by atoms with Gasteiger partial charge in [0.25, 0.3) is 0 Å². The van der Waals surface area contributed by atoms with Crippen molar-refractivity contribution in [2.24, 2.45) is 0 Å². The first-order chi connectivity index (χ1) is 5.72. The molecule has 0 aromatic heterocycles. The van der Waals surface area contributed by atoms with Gasteiger partial charge in [-0.05, 0) is 18.6 Å². The van der Waals surface area contributed by atoms with Gasteiger partial charge in [0.05, 0.1) is 20.1 Å². The molecule has 0 aliphatic carbocycles. The fraction of sp³-hybridized carbons (Fsp3) is 1.00. The van der Waals surface area contributed by atoms with Crippen LogP contribution in [0.25, 0.3) is 0 Å². The molecule has 0 amide bonds. The number of alkyl halides is 1. The summed E-state index contributed by atoms with van der Waals surface area (Å²) in [5.74, 6) is 0. The first-order valence-corrected chi connectivity index (χ1v) is 5.17. The van der Waals surface area contributed by atoms with E-state index in [9.17, 15) is 0 Å². The minimum Gasteiger partial charge on any atom is -0.308 e. The molecule has 6 nitrogen and oxygen atoms in total. The Kier molecular flexibility index (Phi) is 5.42. The maximum absolute atomic E-state index is 8.49. The highest BCUT2D eigenvalue weighted by atomic mass is 35.7. The van der Waals surface area contributed by atoms with Crippen molar-refractivity contribution in [1.29, 1.82) is 0 Å². The van der Waals surface area contributed by atoms with Crippen LogP contribution < -0.4 is 23.5 Å². The highest BCUT2D eigenvalue weighted by Crippen LogP contribution is 1.95. The van der Waals surface area contributed by atoms with Crippen LogP contribution in [-0.4, -0.2) is 37.7 Å². The largest absolute Gasteiger partial charge is 0.308 e. The molecule has 80 valence electrons. The monoisotopic (exact) mass is 234 g/mol. The molecule has 0 spiro atoms. The second-order valence-electron chi connectivity index (χ2n) is 2.79. The first-order valence-electron chi connectivity index (χ1n) is 3.50. The highest BCUT2D eigenvalue weighted by molar-refractivity contribution is 6.19. The molecule has 2 unspecified atom stereocenters. The minimum absolute atomic E-state index is 0.204. The fourth-order valence-electron chi connectivity index (χ4n) is 0.961. The summed E-state index contributed by atoms with van der Waals surface area (Å²) in [7, 11) is -0.782. The Morgan fingerprint density at radius 2 is 1.77 bits per heavy atom. The predicted molar refractivity (Wildman–Crippen MR) is 34.0 cm³/mol. The number of halogens is 2. The van der Waals surface area contributed by atoms with Crippen molar-refractivity contribution < 1.29 is 33.8 Å². The third-order valence-corrected chi connectivity index (χ3v) is 2.36. The zero-order valence-electron chi connectivity index (χ0n) is 7.33. The maximum Gasteiger partial charge on any atom is 0.221 e. The lowest BCUT2D eigenvalue weighted by atomic mass is 10.6. The molecular weight excluding hydrogens is 223 g/mol. The van der Waals surface area contributed by atoms with Crippen LogP contribution in [0.4, 0.5) is 0 Å². The van der Waals surface area contributed by atoms with E-state index in [-0.39, 0.29) is 5.62 Å². The first kappa shape index (κ1) is 13.3. The van der Waals surface area contributed by atoms with E-state index in [1.165, 1.54) is 11.4 Å². The molecule has 0 saturated carbocycles. The van der Waals surface area contributed by atoms with Gasteiger partial charge < -0.3 is 4.90 Å². The van der Waals surface area contributed by atoms with Gasteiger partial charge in [0.2, 0.25) is 5.62 Å². The molecule has 0 aromatic rings. The molecule has 1 fully saturated rings. The highest BCUT2D eigenvalue weighted by Gasteiger charge is 2.27. The standard InChI is InChI=1S/C5H11ClN2.ClHO4/c1-7-3-4-8(2)5(7)6;2-1(3,4)5/h5H,3-4H2,1-2H3;(H,2,3,4,5). The Hall–Kier alpha value is 0.340. The molecule has 1 aliphatic rings. The summed E-state index contributed by atoms with van der Waals surface area (Å²) in [5.41, 5.74) is 0.204. The van der Waals surface area contributed by atoms with Crippen LogP contribution in [-0.2, 0) is 0 Å². The van der Waals surface area contributed by atoms with Gasteiger partial charge in [-0.25, -0.2) is 23.5 Å². The third kappa shape index (κ3) is 7.41. The van der Waals surface area contributed by atoms with Crippen LogP contribution in [0.15, 0.2) is 0 Å². The Bertz CT molecular complexity index is 138. The Morgan fingerprint density at radius 1 is 1.38 bits per heavy atom. The molecule has 1 rings (SSSR count). The average molecular weight is 235 g/mol. The summed E-state index contributed by atoms with van der Waals surface area (Å²) in [5, 5.41) is 0. The zero-order chi connectivity index (χ0) is 10.6. The van der Waals surface area contributed by atoms with Gasteiger partial charge in [-0.1, -0.05) is 0 Å². The molecule has 13 heavy (non-hydrogen) atoms. The summed E-state index contributed by atoms with van der Waals surface area (Å²) in [6.07, 6.45) is 0. The van der Waals surface area contributed by atoms with Crippen LogP contribution in [0.2, 0.25) is 0 Å². The van der Waals surface area contributed by atoms with Crippen molar-refractivity contribution in [1.82, 2.24) is 4.90 Å². The van der Waals surface area contributed by atoms with Gasteiger partial charge in [-0.3, -0.25) is 0 Å². The average Bonchev–Trinajstić information content (AvgIpc) is 2.16. The summed E-state index contributed by atoms with van der Waals surface area (Å²) < 4.78 is 34.0. The van der Waals surface area contributed by atoms with E-state index >= 15 is 0 Å². The normalized spacial score (nSPS) is 29.8. The molecule has 8 heteroatoms. The van der Waals surface area contributed by atoms with Gasteiger partial charge in [-0.2, -0.15) is 0 Å². The summed E-state index contributed by atoms with van der Waals surface area (Å²) in [6, 6.07) is 0. The van der Waals surface area contributed by atoms with Crippen molar-refractivity contribution in [2.75, 3.05) is 27.2 Å². The molecule has 1 N–H and O–H groups in total. The second kappa shape index (κ2) is 5.28. The lowest BCUT2D eigenvalue weighted by Crippen LogP contribution is -3.10. The molecule has 0 aromatic carbocycles. The molecule has 2 atom stereocenters. The van der Waals surface area contributed by atoms with Crippen molar-refractivity contribution in [3.63, 3.8) is 0 Å². The van der Waals surface area contributed by atoms with E-state index < -0.39 is 10.2 Å². The van der Waals surface area contributed by atoms with Gasteiger partial charge in [0.15, 0.2) is 0 Å². The third-order valence-electron chi connectivity index (χ3n) is 1.65. The smallest absolute Gasteiger partial charge is 0.221 e. The zero-order valence-corrected chi connectivity index (χ0v) is 8.84. The molecule has 0 radical (unpaired) electrons. The second-order valence-corrected chi connectivity index (χ2v) is 3.96. The predicted octanol–water partition coefficient (Wildman–Crippen LogP) is -5.79.